The Morgan fingerprint density at radius 2 is 1.36 bits per heavy atom. The number of hydrogen-bond acceptors (Lipinski definition) is 6. The van der Waals surface area contributed by atoms with Crippen molar-refractivity contribution in [3.8, 4) is 0 Å². The molecule has 0 radical (unpaired) electrons. The Morgan fingerprint density at radius 3 is 1.95 bits per heavy atom. The Morgan fingerprint density at radius 1 is 0.821 bits per heavy atom. The molecule has 3 amide bonds. The minimum atomic E-state index is -1.50. The topological polar surface area (TPSA) is 204 Å². The number of aromatic nitrogens is 1. The Balaban J connectivity index is 2.14. The van der Waals surface area contributed by atoms with Crippen LogP contribution in [0.5, 0.6) is 0 Å². The Hall–Kier alpha value is -3.93. The highest BCUT2D eigenvalue weighted by molar-refractivity contribution is 5.96. The summed E-state index contributed by atoms with van der Waals surface area (Å²) in [6.45, 7) is 7.26. The number of carboxylic acid groups (broad SMARTS) is 2. The number of hydrogen-bond donors (Lipinski definition) is 7. The van der Waals surface area contributed by atoms with Crippen LogP contribution in [-0.2, 0) is 30.4 Å². The molecule has 4 unspecified atom stereocenters. The number of nitrogens with two attached hydrogens (primary N) is 1. The molecule has 0 spiro atoms. The van der Waals surface area contributed by atoms with Crippen molar-refractivity contribution < 1.29 is 34.2 Å². The number of fused-ring (bicyclic) bond motifs is 1. The van der Waals surface area contributed by atoms with E-state index in [2.05, 4.69) is 20.9 Å². The van der Waals surface area contributed by atoms with E-state index in [4.69, 9.17) is 5.73 Å². The summed E-state index contributed by atoms with van der Waals surface area (Å²) < 4.78 is 0. The number of H-pyrrole nitrogens is 1. The summed E-state index contributed by atoms with van der Waals surface area (Å²) in [7, 11) is 0. The number of aliphatic carboxylic acids is 2. The lowest BCUT2D eigenvalue weighted by atomic mass is 10.00. The molecule has 39 heavy (non-hydrogen) atoms. The Bertz CT molecular complexity index is 1180. The molecule has 214 valence electrons. The number of rotatable bonds is 15. The highest BCUT2D eigenvalue weighted by Crippen LogP contribution is 2.19. The van der Waals surface area contributed by atoms with Crippen molar-refractivity contribution in [1.29, 1.82) is 0 Å². The summed E-state index contributed by atoms with van der Waals surface area (Å²) >= 11 is 0. The molecule has 1 aromatic heterocycles. The van der Waals surface area contributed by atoms with Gasteiger partial charge in [0.15, 0.2) is 0 Å². The zero-order valence-electron chi connectivity index (χ0n) is 22.7. The molecular formula is C27H39N5O7. The van der Waals surface area contributed by atoms with Crippen LogP contribution in [0.1, 0.15) is 52.5 Å². The fourth-order valence-electron chi connectivity index (χ4n) is 4.23. The lowest BCUT2D eigenvalue weighted by Gasteiger charge is -2.26. The third-order valence-electron chi connectivity index (χ3n) is 6.13. The largest absolute Gasteiger partial charge is 0.481 e. The van der Waals surface area contributed by atoms with E-state index in [1.165, 1.54) is 0 Å². The first kappa shape index (κ1) is 31.3. The van der Waals surface area contributed by atoms with E-state index < -0.39 is 60.2 Å². The van der Waals surface area contributed by atoms with Crippen molar-refractivity contribution in [3.63, 3.8) is 0 Å². The van der Waals surface area contributed by atoms with Gasteiger partial charge in [-0.2, -0.15) is 0 Å². The summed E-state index contributed by atoms with van der Waals surface area (Å²) in [4.78, 5) is 65.1. The molecule has 0 aliphatic rings. The van der Waals surface area contributed by atoms with E-state index in [1.807, 2.05) is 52.0 Å². The molecule has 0 aliphatic heterocycles. The van der Waals surface area contributed by atoms with Gasteiger partial charge in [-0.25, -0.2) is 4.79 Å². The Kier molecular flexibility index (Phi) is 11.5. The predicted octanol–water partition coefficient (Wildman–Crippen LogP) is 1.14. The molecule has 0 saturated heterocycles. The average molecular weight is 546 g/mol. The second-order valence-electron chi connectivity index (χ2n) is 10.5. The first-order valence-corrected chi connectivity index (χ1v) is 12.9. The first-order chi connectivity index (χ1) is 18.3. The van der Waals surface area contributed by atoms with Crippen molar-refractivity contribution in [2.45, 2.75) is 77.5 Å². The lowest BCUT2D eigenvalue weighted by Crippen LogP contribution is -2.58. The van der Waals surface area contributed by atoms with Crippen LogP contribution >= 0.6 is 0 Å². The molecule has 0 aliphatic carbocycles. The summed E-state index contributed by atoms with van der Waals surface area (Å²) in [6, 6.07) is 2.60. The highest BCUT2D eigenvalue weighted by atomic mass is 16.4. The summed E-state index contributed by atoms with van der Waals surface area (Å²) in [5.41, 5.74) is 7.75. The Labute approximate surface area is 227 Å². The molecule has 1 heterocycles. The second-order valence-corrected chi connectivity index (χ2v) is 10.5. The fourth-order valence-corrected chi connectivity index (χ4v) is 4.23. The van der Waals surface area contributed by atoms with Gasteiger partial charge in [-0.05, 0) is 42.7 Å². The maximum atomic E-state index is 13.1. The van der Waals surface area contributed by atoms with Crippen LogP contribution in [0, 0.1) is 11.8 Å². The van der Waals surface area contributed by atoms with Gasteiger partial charge in [-0.15, -0.1) is 0 Å². The number of carbonyl (C=O) groups is 5. The average Bonchev–Trinajstić information content (AvgIpc) is 3.24. The summed E-state index contributed by atoms with van der Waals surface area (Å²) in [6.07, 6.45) is 1.49. The predicted molar refractivity (Wildman–Crippen MR) is 145 cm³/mol. The van der Waals surface area contributed by atoms with Gasteiger partial charge in [-0.1, -0.05) is 45.9 Å². The van der Waals surface area contributed by atoms with Gasteiger partial charge in [0.25, 0.3) is 0 Å². The van der Waals surface area contributed by atoms with Crippen LogP contribution in [0.3, 0.4) is 0 Å². The van der Waals surface area contributed by atoms with Gasteiger partial charge in [0.2, 0.25) is 17.7 Å². The second kappa shape index (κ2) is 14.3. The van der Waals surface area contributed by atoms with Crippen LogP contribution in [0.15, 0.2) is 30.5 Å². The molecule has 4 atom stereocenters. The van der Waals surface area contributed by atoms with E-state index in [9.17, 15) is 34.2 Å². The van der Waals surface area contributed by atoms with E-state index in [1.54, 1.807) is 6.20 Å². The van der Waals surface area contributed by atoms with E-state index >= 15 is 0 Å². The van der Waals surface area contributed by atoms with Crippen molar-refractivity contribution >= 4 is 40.6 Å². The highest BCUT2D eigenvalue weighted by Gasteiger charge is 2.32. The molecule has 12 heteroatoms. The number of aromatic amines is 1. The number of carboxylic acids is 2. The van der Waals surface area contributed by atoms with E-state index in [-0.39, 0.29) is 31.1 Å². The van der Waals surface area contributed by atoms with Gasteiger partial charge < -0.3 is 36.9 Å². The van der Waals surface area contributed by atoms with E-state index in [0.717, 1.165) is 16.5 Å². The number of carbonyl (C=O) groups excluding carboxylic acids is 3. The van der Waals surface area contributed by atoms with Crippen LogP contribution < -0.4 is 21.7 Å². The van der Waals surface area contributed by atoms with Crippen molar-refractivity contribution in [2.24, 2.45) is 17.6 Å². The molecule has 0 saturated carbocycles. The van der Waals surface area contributed by atoms with Gasteiger partial charge in [0.1, 0.15) is 18.1 Å². The van der Waals surface area contributed by atoms with Crippen molar-refractivity contribution in [2.75, 3.05) is 0 Å². The number of benzene rings is 1. The van der Waals surface area contributed by atoms with Crippen LogP contribution in [0.2, 0.25) is 0 Å². The lowest BCUT2D eigenvalue weighted by molar-refractivity contribution is -0.143. The molecule has 12 nitrogen and oxygen atoms in total. The van der Waals surface area contributed by atoms with Crippen LogP contribution in [-0.4, -0.2) is 69.0 Å². The maximum absolute atomic E-state index is 13.1. The quantitative estimate of drug-likeness (QED) is 0.172. The molecule has 2 aromatic rings. The maximum Gasteiger partial charge on any atom is 0.326 e. The minimum Gasteiger partial charge on any atom is -0.481 e. The third kappa shape index (κ3) is 9.71. The SMILES string of the molecule is CC(C)CC(NC(=O)C(CC(C)C)NC(=O)C(CC(=O)O)NC(=O)C(N)Cc1c[nH]c2ccccc12)C(=O)O. The number of amides is 3. The minimum absolute atomic E-state index is 0.00633. The molecule has 2 rings (SSSR count). The number of nitrogens with one attached hydrogen (secondary N) is 4. The third-order valence-corrected chi connectivity index (χ3v) is 6.13. The number of para-hydroxylation sites is 1. The van der Waals surface area contributed by atoms with Crippen LogP contribution in [0.4, 0.5) is 0 Å². The fraction of sp³-hybridized carbons (Fsp3) is 0.519. The monoisotopic (exact) mass is 545 g/mol. The van der Waals surface area contributed by atoms with Crippen molar-refractivity contribution in [3.05, 3.63) is 36.0 Å². The molecule has 0 fully saturated rings. The molecule has 0 bridgehead atoms. The smallest absolute Gasteiger partial charge is 0.326 e. The first-order valence-electron chi connectivity index (χ1n) is 12.9. The van der Waals surface area contributed by atoms with Gasteiger partial charge in [0.05, 0.1) is 12.5 Å². The van der Waals surface area contributed by atoms with Gasteiger partial charge in [-0.3, -0.25) is 19.2 Å². The van der Waals surface area contributed by atoms with E-state index in [0.29, 0.717) is 0 Å². The van der Waals surface area contributed by atoms with Crippen LogP contribution in [0.25, 0.3) is 10.9 Å². The molecule has 8 N–H and O–H groups in total. The summed E-state index contributed by atoms with van der Waals surface area (Å²) in [5, 5.41) is 27.1. The zero-order valence-corrected chi connectivity index (χ0v) is 22.7. The molecular weight excluding hydrogens is 506 g/mol. The van der Waals surface area contributed by atoms with Gasteiger partial charge in [0, 0.05) is 17.1 Å². The zero-order chi connectivity index (χ0) is 29.3. The van der Waals surface area contributed by atoms with Gasteiger partial charge >= 0.3 is 11.9 Å². The van der Waals surface area contributed by atoms with Crippen molar-refractivity contribution in [1.82, 2.24) is 20.9 Å². The summed E-state index contributed by atoms with van der Waals surface area (Å²) in [5.74, 6) is -4.93. The standard InChI is InChI=1S/C27H39N5O7/c1-14(2)9-20(25(36)32-22(27(38)39)10-15(3)4)31-26(37)21(12-23(33)34)30-24(35)18(28)11-16-13-29-19-8-6-5-7-17(16)19/h5-8,13-15,18,20-22,29H,9-12,28H2,1-4H3,(H,30,35)(H,31,37)(H,32,36)(H,33,34)(H,38,39). The molecule has 1 aromatic carbocycles. The normalized spacial score (nSPS) is 14.4.